The zero-order valence-corrected chi connectivity index (χ0v) is 33.0. The van der Waals surface area contributed by atoms with E-state index in [4.69, 9.17) is 0 Å². The minimum atomic E-state index is 1.08. The van der Waals surface area contributed by atoms with Gasteiger partial charge >= 0.3 is 0 Å². The van der Waals surface area contributed by atoms with Gasteiger partial charge in [-0.15, -0.1) is 0 Å². The van der Waals surface area contributed by atoms with Gasteiger partial charge in [0.1, 0.15) is 0 Å². The van der Waals surface area contributed by atoms with Crippen LogP contribution in [0, 0.1) is 0 Å². The normalized spacial score (nSPS) is 11.3. The molecule has 0 aliphatic carbocycles. The SMILES string of the molecule is c1ccc(-c2ccc(N(c3ccc(-c4cccc(-n5c6ccccc6c6ccccc65)c4-c4ccccc4)cc3)c3cc(-c4ccccc4)cc4ccccc34)cc2)cc1. The number of benzene rings is 10. The summed E-state index contributed by atoms with van der Waals surface area (Å²) in [4.78, 5) is 2.42. The highest BCUT2D eigenvalue weighted by molar-refractivity contribution is 6.10. The maximum absolute atomic E-state index is 2.44. The smallest absolute Gasteiger partial charge is 0.0546 e. The van der Waals surface area contributed by atoms with Gasteiger partial charge in [-0.05, 0) is 98.9 Å². The van der Waals surface area contributed by atoms with Crippen LogP contribution in [-0.4, -0.2) is 4.57 Å². The van der Waals surface area contributed by atoms with Crippen LogP contribution in [-0.2, 0) is 0 Å². The number of hydrogen-bond donors (Lipinski definition) is 0. The molecule has 0 N–H and O–H groups in total. The molecule has 11 rings (SSSR count). The van der Waals surface area contributed by atoms with E-state index < -0.39 is 0 Å². The second-order valence-corrected chi connectivity index (χ2v) is 15.3. The summed E-state index contributed by atoms with van der Waals surface area (Å²) >= 11 is 0. The first kappa shape index (κ1) is 35.2. The van der Waals surface area contributed by atoms with Crippen LogP contribution in [0.25, 0.3) is 82.8 Å². The molecule has 2 nitrogen and oxygen atoms in total. The van der Waals surface area contributed by atoms with Gasteiger partial charge in [0.2, 0.25) is 0 Å². The molecule has 2 heteroatoms. The van der Waals surface area contributed by atoms with Gasteiger partial charge < -0.3 is 9.47 Å². The van der Waals surface area contributed by atoms with Crippen molar-refractivity contribution in [2.45, 2.75) is 0 Å². The van der Waals surface area contributed by atoms with Crippen molar-refractivity contribution >= 4 is 49.6 Å². The van der Waals surface area contributed by atoms with Crippen molar-refractivity contribution in [3.63, 3.8) is 0 Å². The Morgan fingerprint density at radius 1 is 0.300 bits per heavy atom. The third-order valence-electron chi connectivity index (χ3n) is 11.8. The molecule has 0 bridgehead atoms. The predicted molar refractivity (Wildman–Crippen MR) is 255 cm³/mol. The molecule has 0 aliphatic rings. The van der Waals surface area contributed by atoms with E-state index in [0.717, 1.165) is 28.3 Å². The van der Waals surface area contributed by atoms with E-state index in [1.807, 2.05) is 0 Å². The summed E-state index contributed by atoms with van der Waals surface area (Å²) in [5.74, 6) is 0. The highest BCUT2D eigenvalue weighted by Gasteiger charge is 2.21. The fourth-order valence-corrected chi connectivity index (χ4v) is 8.98. The Kier molecular flexibility index (Phi) is 8.87. The predicted octanol–water partition coefficient (Wildman–Crippen LogP) is 16.1. The minimum absolute atomic E-state index is 1.08. The second kappa shape index (κ2) is 15.1. The van der Waals surface area contributed by atoms with Crippen molar-refractivity contribution in [1.82, 2.24) is 4.57 Å². The van der Waals surface area contributed by atoms with E-state index in [-0.39, 0.29) is 0 Å². The first-order chi connectivity index (χ1) is 29.8. The molecule has 0 fully saturated rings. The van der Waals surface area contributed by atoms with Crippen molar-refractivity contribution in [3.8, 4) is 50.2 Å². The van der Waals surface area contributed by atoms with Crippen LogP contribution in [0.15, 0.2) is 243 Å². The Bertz CT molecular complexity index is 3220. The topological polar surface area (TPSA) is 8.17 Å². The molecule has 60 heavy (non-hydrogen) atoms. The highest BCUT2D eigenvalue weighted by atomic mass is 15.1. The van der Waals surface area contributed by atoms with Gasteiger partial charge in [0.25, 0.3) is 0 Å². The Hall–Kier alpha value is -7.94. The van der Waals surface area contributed by atoms with Gasteiger partial charge in [0, 0.05) is 33.1 Å². The Morgan fingerprint density at radius 2 is 0.767 bits per heavy atom. The number of nitrogens with zero attached hydrogens (tertiary/aromatic N) is 2. The third-order valence-corrected chi connectivity index (χ3v) is 11.8. The molecule has 0 saturated heterocycles. The van der Waals surface area contributed by atoms with Gasteiger partial charge in [-0.25, -0.2) is 0 Å². The first-order valence-electron chi connectivity index (χ1n) is 20.6. The minimum Gasteiger partial charge on any atom is -0.310 e. The molecule has 0 unspecified atom stereocenters. The number of aromatic nitrogens is 1. The quantitative estimate of drug-likeness (QED) is 0.150. The van der Waals surface area contributed by atoms with E-state index in [1.165, 1.54) is 71.5 Å². The monoisotopic (exact) mass is 764 g/mol. The summed E-state index contributed by atoms with van der Waals surface area (Å²) in [6.45, 7) is 0. The van der Waals surface area contributed by atoms with Crippen molar-refractivity contribution < 1.29 is 0 Å². The molecule has 0 radical (unpaired) electrons. The van der Waals surface area contributed by atoms with Gasteiger partial charge in [-0.2, -0.15) is 0 Å². The van der Waals surface area contributed by atoms with E-state index >= 15 is 0 Å². The number of fused-ring (bicyclic) bond motifs is 4. The lowest BCUT2D eigenvalue weighted by Crippen LogP contribution is -2.11. The highest BCUT2D eigenvalue weighted by Crippen LogP contribution is 2.45. The Balaban J connectivity index is 1.10. The van der Waals surface area contributed by atoms with Crippen LogP contribution in [0.4, 0.5) is 17.1 Å². The van der Waals surface area contributed by atoms with Crippen LogP contribution in [0.3, 0.4) is 0 Å². The molecular formula is C58H40N2. The summed E-state index contributed by atoms with van der Waals surface area (Å²) < 4.78 is 2.44. The van der Waals surface area contributed by atoms with Crippen molar-refractivity contribution in [1.29, 1.82) is 0 Å². The number of anilines is 3. The molecule has 11 aromatic rings. The molecular weight excluding hydrogens is 725 g/mol. The van der Waals surface area contributed by atoms with Crippen LogP contribution < -0.4 is 4.90 Å². The summed E-state index contributed by atoms with van der Waals surface area (Å²) in [7, 11) is 0. The van der Waals surface area contributed by atoms with Crippen molar-refractivity contribution in [2.75, 3.05) is 4.90 Å². The van der Waals surface area contributed by atoms with E-state index in [1.54, 1.807) is 0 Å². The standard InChI is InChI=1S/C58H40N2/c1-4-17-41(18-5-1)43-31-35-48(36-32-43)59(57-40-47(42-19-6-2-7-20-42)39-46-23-10-11-24-50(46)57)49-37-33-44(34-38-49)51-27-16-30-56(58(51)45-21-8-3-9-22-45)60-54-28-14-12-25-52(54)53-26-13-15-29-55(53)60/h1-40H. The fraction of sp³-hybridized carbons (Fsp3) is 0. The number of hydrogen-bond acceptors (Lipinski definition) is 1. The number of para-hydroxylation sites is 2. The van der Waals surface area contributed by atoms with Crippen molar-refractivity contribution in [3.05, 3.63) is 243 Å². The first-order valence-corrected chi connectivity index (χ1v) is 20.6. The molecule has 10 aromatic carbocycles. The average Bonchev–Trinajstić information content (AvgIpc) is 3.67. The summed E-state index contributed by atoms with van der Waals surface area (Å²) in [5.41, 5.74) is 16.3. The molecule has 0 atom stereocenters. The molecule has 0 saturated carbocycles. The summed E-state index contributed by atoms with van der Waals surface area (Å²) in [6.07, 6.45) is 0. The van der Waals surface area contributed by atoms with Crippen molar-refractivity contribution in [2.24, 2.45) is 0 Å². The largest absolute Gasteiger partial charge is 0.310 e. The molecule has 0 aliphatic heterocycles. The zero-order chi connectivity index (χ0) is 39.8. The lowest BCUT2D eigenvalue weighted by atomic mass is 9.92. The Morgan fingerprint density at radius 3 is 1.37 bits per heavy atom. The molecule has 1 heterocycles. The van der Waals surface area contributed by atoms with Gasteiger partial charge in [-0.3, -0.25) is 0 Å². The van der Waals surface area contributed by atoms with Crippen LogP contribution >= 0.6 is 0 Å². The van der Waals surface area contributed by atoms with Crippen LogP contribution in [0.5, 0.6) is 0 Å². The van der Waals surface area contributed by atoms with Gasteiger partial charge in [-0.1, -0.05) is 188 Å². The van der Waals surface area contributed by atoms with Gasteiger partial charge in [0.15, 0.2) is 0 Å². The lowest BCUT2D eigenvalue weighted by Gasteiger charge is -2.28. The van der Waals surface area contributed by atoms with E-state index in [2.05, 4.69) is 252 Å². The average molecular weight is 765 g/mol. The van der Waals surface area contributed by atoms with Crippen LogP contribution in [0.1, 0.15) is 0 Å². The third kappa shape index (κ3) is 6.23. The fourth-order valence-electron chi connectivity index (χ4n) is 8.98. The maximum Gasteiger partial charge on any atom is 0.0546 e. The van der Waals surface area contributed by atoms with Crippen LogP contribution in [0.2, 0.25) is 0 Å². The summed E-state index contributed by atoms with van der Waals surface area (Å²) in [5, 5.41) is 4.90. The number of rotatable bonds is 8. The van der Waals surface area contributed by atoms with E-state index in [0.29, 0.717) is 0 Å². The zero-order valence-electron chi connectivity index (χ0n) is 33.0. The lowest BCUT2D eigenvalue weighted by molar-refractivity contribution is 1.18. The summed E-state index contributed by atoms with van der Waals surface area (Å²) in [6, 6.07) is 87.9. The molecule has 1 aromatic heterocycles. The molecule has 282 valence electrons. The Labute approximate surface area is 350 Å². The van der Waals surface area contributed by atoms with E-state index in [9.17, 15) is 0 Å². The molecule has 0 amide bonds. The second-order valence-electron chi connectivity index (χ2n) is 15.3. The molecule has 0 spiro atoms. The van der Waals surface area contributed by atoms with Gasteiger partial charge in [0.05, 0.1) is 22.4 Å². The maximum atomic E-state index is 2.44.